The molecule has 30 heavy (non-hydrogen) atoms. The van der Waals surface area contributed by atoms with Crippen molar-refractivity contribution in [1.29, 1.82) is 0 Å². The zero-order chi connectivity index (χ0) is 20.8. The van der Waals surface area contributed by atoms with E-state index in [0.29, 0.717) is 24.4 Å². The summed E-state index contributed by atoms with van der Waals surface area (Å²) in [5.74, 6) is 0.573. The van der Waals surface area contributed by atoms with Crippen molar-refractivity contribution in [3.63, 3.8) is 0 Å². The number of anilines is 1. The van der Waals surface area contributed by atoms with Gasteiger partial charge in [-0.05, 0) is 61.8 Å². The molecule has 0 bridgehead atoms. The number of para-hydroxylation sites is 1. The van der Waals surface area contributed by atoms with Crippen molar-refractivity contribution in [3.05, 3.63) is 59.7 Å². The van der Waals surface area contributed by atoms with Crippen LogP contribution in [-0.2, 0) is 0 Å². The van der Waals surface area contributed by atoms with Gasteiger partial charge in [-0.2, -0.15) is 0 Å². The van der Waals surface area contributed by atoms with Crippen LogP contribution in [0.1, 0.15) is 41.2 Å². The van der Waals surface area contributed by atoms with Crippen LogP contribution in [0.4, 0.5) is 10.5 Å². The number of nitrogens with zero attached hydrogens (tertiary/aromatic N) is 1. The number of rotatable bonds is 7. The number of urea groups is 1. The van der Waals surface area contributed by atoms with E-state index in [0.717, 1.165) is 30.9 Å². The molecule has 3 amide bonds. The number of hydrogen-bond donors (Lipinski definition) is 3. The number of carbonyl (C=O) groups excluding carboxylic acids is 2. The van der Waals surface area contributed by atoms with Crippen molar-refractivity contribution in [3.8, 4) is 5.75 Å². The van der Waals surface area contributed by atoms with Crippen LogP contribution < -0.4 is 20.7 Å². The molecule has 3 N–H and O–H groups in total. The van der Waals surface area contributed by atoms with Gasteiger partial charge >= 0.3 is 6.03 Å². The minimum atomic E-state index is -0.197. The third-order valence-electron chi connectivity index (χ3n) is 5.60. The molecule has 2 aliphatic heterocycles. The summed E-state index contributed by atoms with van der Waals surface area (Å²) in [4.78, 5) is 26.6. The van der Waals surface area contributed by atoms with Crippen LogP contribution >= 0.6 is 0 Å². The molecule has 7 heteroatoms. The lowest BCUT2D eigenvalue weighted by Crippen LogP contribution is -2.33. The fourth-order valence-corrected chi connectivity index (χ4v) is 3.93. The first kappa shape index (κ1) is 20.2. The topological polar surface area (TPSA) is 82.7 Å². The normalized spacial score (nSPS) is 19.1. The number of likely N-dealkylation sites (tertiary alicyclic amines) is 1. The number of amides is 3. The molecule has 2 fully saturated rings. The molecule has 0 spiro atoms. The lowest BCUT2D eigenvalue weighted by atomic mass is 10.0. The predicted octanol–water partition coefficient (Wildman–Crippen LogP) is 3.16. The minimum Gasteiger partial charge on any atom is -0.492 e. The Labute approximate surface area is 176 Å². The summed E-state index contributed by atoms with van der Waals surface area (Å²) in [6.45, 7) is 4.40. The molecular formula is C23H28N4O3. The summed E-state index contributed by atoms with van der Waals surface area (Å²) in [6, 6.07) is 14.4. The Morgan fingerprint density at radius 3 is 2.57 bits per heavy atom. The Kier molecular flexibility index (Phi) is 6.49. The highest BCUT2D eigenvalue weighted by atomic mass is 16.5. The van der Waals surface area contributed by atoms with E-state index in [4.69, 9.17) is 4.74 Å². The van der Waals surface area contributed by atoms with E-state index in [9.17, 15) is 9.59 Å². The second kappa shape index (κ2) is 9.63. The van der Waals surface area contributed by atoms with Crippen LogP contribution in [0.5, 0.6) is 5.75 Å². The van der Waals surface area contributed by atoms with E-state index >= 15 is 0 Å². The lowest BCUT2D eigenvalue weighted by molar-refractivity contribution is 0.102. The smallest absolute Gasteiger partial charge is 0.315 e. The number of hydrogen-bond acceptors (Lipinski definition) is 4. The molecule has 158 valence electrons. The SMILES string of the molecule is O=C1NCC(c2ccccc2NC(=O)c2ccc(OCCN3CCCCC3)cc2)N1. The molecule has 2 saturated heterocycles. The Balaban J connectivity index is 1.32. The van der Waals surface area contributed by atoms with Crippen molar-refractivity contribution in [2.45, 2.75) is 25.3 Å². The summed E-state index contributed by atoms with van der Waals surface area (Å²) in [5.41, 5.74) is 2.13. The molecule has 1 atom stereocenters. The third-order valence-corrected chi connectivity index (χ3v) is 5.60. The van der Waals surface area contributed by atoms with Crippen LogP contribution in [0.25, 0.3) is 0 Å². The van der Waals surface area contributed by atoms with Gasteiger partial charge in [-0.1, -0.05) is 24.6 Å². The molecule has 1 unspecified atom stereocenters. The van der Waals surface area contributed by atoms with E-state index in [1.165, 1.54) is 19.3 Å². The molecule has 2 aromatic rings. The van der Waals surface area contributed by atoms with Gasteiger partial charge in [-0.25, -0.2) is 4.79 Å². The van der Waals surface area contributed by atoms with Crippen LogP contribution in [0.15, 0.2) is 48.5 Å². The van der Waals surface area contributed by atoms with Gasteiger partial charge in [0.1, 0.15) is 12.4 Å². The number of benzene rings is 2. The second-order valence-corrected chi connectivity index (χ2v) is 7.72. The zero-order valence-electron chi connectivity index (χ0n) is 17.0. The second-order valence-electron chi connectivity index (χ2n) is 7.72. The summed E-state index contributed by atoms with van der Waals surface area (Å²) >= 11 is 0. The average Bonchev–Trinajstić information content (AvgIpc) is 3.21. The maximum atomic E-state index is 12.7. The molecule has 0 aliphatic carbocycles. The fourth-order valence-electron chi connectivity index (χ4n) is 3.93. The predicted molar refractivity (Wildman–Crippen MR) is 116 cm³/mol. The van der Waals surface area contributed by atoms with Crippen LogP contribution in [-0.4, -0.2) is 49.6 Å². The summed E-state index contributed by atoms with van der Waals surface area (Å²) in [5, 5.41) is 8.56. The lowest BCUT2D eigenvalue weighted by Gasteiger charge is -2.26. The number of ether oxygens (including phenoxy) is 1. The van der Waals surface area contributed by atoms with Gasteiger partial charge in [-0.15, -0.1) is 0 Å². The maximum Gasteiger partial charge on any atom is 0.315 e. The van der Waals surface area contributed by atoms with Crippen molar-refractivity contribution in [2.24, 2.45) is 0 Å². The molecule has 2 heterocycles. The highest BCUT2D eigenvalue weighted by molar-refractivity contribution is 6.04. The molecule has 0 radical (unpaired) electrons. The van der Waals surface area contributed by atoms with E-state index in [1.54, 1.807) is 12.1 Å². The molecule has 2 aliphatic rings. The van der Waals surface area contributed by atoms with Crippen molar-refractivity contribution in [1.82, 2.24) is 15.5 Å². The van der Waals surface area contributed by atoms with Gasteiger partial charge < -0.3 is 20.7 Å². The standard InChI is InChI=1S/C23H28N4O3/c28-22(25-20-7-3-2-6-19(20)21-16-24-23(29)26-21)17-8-10-18(11-9-17)30-15-14-27-12-4-1-5-13-27/h2-3,6-11,21H,1,4-5,12-16H2,(H,25,28)(H2,24,26,29). The van der Waals surface area contributed by atoms with Crippen molar-refractivity contribution >= 4 is 17.6 Å². The highest BCUT2D eigenvalue weighted by Gasteiger charge is 2.24. The fraction of sp³-hybridized carbons (Fsp3) is 0.391. The first-order valence-electron chi connectivity index (χ1n) is 10.6. The van der Waals surface area contributed by atoms with Gasteiger partial charge in [0, 0.05) is 24.3 Å². The van der Waals surface area contributed by atoms with Crippen LogP contribution in [0.2, 0.25) is 0 Å². The van der Waals surface area contributed by atoms with Gasteiger partial charge in [0.25, 0.3) is 5.91 Å². The van der Waals surface area contributed by atoms with Crippen molar-refractivity contribution in [2.75, 3.05) is 38.1 Å². The molecule has 4 rings (SSSR count). The Morgan fingerprint density at radius 2 is 1.83 bits per heavy atom. The Bertz CT molecular complexity index is 878. The molecule has 7 nitrogen and oxygen atoms in total. The number of piperidine rings is 1. The largest absolute Gasteiger partial charge is 0.492 e. The maximum absolute atomic E-state index is 12.7. The Hall–Kier alpha value is -3.06. The van der Waals surface area contributed by atoms with Gasteiger partial charge in [-0.3, -0.25) is 9.69 Å². The quantitative estimate of drug-likeness (QED) is 0.657. The molecule has 0 aromatic heterocycles. The molecule has 0 saturated carbocycles. The van der Waals surface area contributed by atoms with Gasteiger partial charge in [0.05, 0.1) is 6.04 Å². The van der Waals surface area contributed by atoms with E-state index in [1.807, 2.05) is 36.4 Å². The zero-order valence-corrected chi connectivity index (χ0v) is 17.0. The molecule has 2 aromatic carbocycles. The third kappa shape index (κ3) is 5.10. The first-order valence-corrected chi connectivity index (χ1v) is 10.6. The van der Waals surface area contributed by atoms with E-state index in [-0.39, 0.29) is 18.0 Å². The minimum absolute atomic E-state index is 0.162. The summed E-state index contributed by atoms with van der Waals surface area (Å²) in [6.07, 6.45) is 3.88. The van der Waals surface area contributed by atoms with E-state index < -0.39 is 0 Å². The monoisotopic (exact) mass is 408 g/mol. The van der Waals surface area contributed by atoms with Gasteiger partial charge in [0.15, 0.2) is 0 Å². The van der Waals surface area contributed by atoms with Gasteiger partial charge in [0.2, 0.25) is 0 Å². The average molecular weight is 409 g/mol. The highest BCUT2D eigenvalue weighted by Crippen LogP contribution is 2.25. The van der Waals surface area contributed by atoms with Crippen LogP contribution in [0, 0.1) is 0 Å². The number of nitrogens with one attached hydrogen (secondary N) is 3. The Morgan fingerprint density at radius 1 is 1.07 bits per heavy atom. The van der Waals surface area contributed by atoms with E-state index in [2.05, 4.69) is 20.9 Å². The summed E-state index contributed by atoms with van der Waals surface area (Å²) < 4.78 is 5.84. The summed E-state index contributed by atoms with van der Waals surface area (Å²) in [7, 11) is 0. The number of carbonyl (C=O) groups is 2. The van der Waals surface area contributed by atoms with Crippen molar-refractivity contribution < 1.29 is 14.3 Å². The first-order chi connectivity index (χ1) is 14.7. The molecular weight excluding hydrogens is 380 g/mol. The van der Waals surface area contributed by atoms with Crippen LogP contribution in [0.3, 0.4) is 0 Å².